The number of ketones is 1. The molecular formula is C16H19N3O2. The van der Waals surface area contributed by atoms with Gasteiger partial charge in [0.2, 0.25) is 5.78 Å². The molecule has 1 aromatic heterocycles. The Balaban J connectivity index is 2.53. The second-order valence-corrected chi connectivity index (χ2v) is 5.27. The third-order valence-corrected chi connectivity index (χ3v) is 3.44. The number of carbonyl (C=O) groups excluding carboxylic acids is 1. The smallest absolute Gasteiger partial charge is 0.212 e. The molecule has 0 N–H and O–H groups in total. The first-order valence-electron chi connectivity index (χ1n) is 6.68. The highest BCUT2D eigenvalue weighted by Gasteiger charge is 2.31. The number of Topliss-reactive ketones (excluding diaryl/α,β-unsaturated/α-hetero) is 1. The van der Waals surface area contributed by atoms with E-state index in [1.807, 2.05) is 37.3 Å². The summed E-state index contributed by atoms with van der Waals surface area (Å²) < 4.78 is 6.76. The van der Waals surface area contributed by atoms with Crippen molar-refractivity contribution < 1.29 is 9.53 Å². The molecule has 0 aliphatic carbocycles. The minimum atomic E-state index is -0.930. The van der Waals surface area contributed by atoms with Crippen LogP contribution in [0.1, 0.15) is 25.0 Å². The van der Waals surface area contributed by atoms with Crippen LogP contribution in [-0.2, 0) is 9.53 Å². The molecule has 2 aromatic rings. The molecule has 2 rings (SSSR count). The van der Waals surface area contributed by atoms with E-state index in [-0.39, 0.29) is 5.78 Å². The topological polar surface area (TPSA) is 57.0 Å². The molecule has 1 aromatic carbocycles. The number of benzene rings is 1. The summed E-state index contributed by atoms with van der Waals surface area (Å²) >= 11 is 0. The van der Waals surface area contributed by atoms with Crippen molar-refractivity contribution in [1.29, 1.82) is 0 Å². The quantitative estimate of drug-likeness (QED) is 0.792. The Morgan fingerprint density at radius 3 is 2.62 bits per heavy atom. The highest BCUT2D eigenvalue weighted by molar-refractivity contribution is 6.23. The van der Waals surface area contributed by atoms with Crippen molar-refractivity contribution in [2.24, 2.45) is 0 Å². The summed E-state index contributed by atoms with van der Waals surface area (Å²) in [6.45, 7) is 5.46. The normalized spacial score (nSPS) is 12.5. The highest BCUT2D eigenvalue weighted by Crippen LogP contribution is 2.21. The second-order valence-electron chi connectivity index (χ2n) is 5.27. The summed E-state index contributed by atoms with van der Waals surface area (Å²) in [5.74, 6) is -0.154. The van der Waals surface area contributed by atoms with Gasteiger partial charge in [-0.3, -0.25) is 4.79 Å². The lowest BCUT2D eigenvalue weighted by molar-refractivity contribution is -0.131. The van der Waals surface area contributed by atoms with Crippen LogP contribution in [0.4, 0.5) is 0 Å². The monoisotopic (exact) mass is 285 g/mol. The number of carbonyl (C=O) groups is 1. The fourth-order valence-electron chi connectivity index (χ4n) is 1.87. The summed E-state index contributed by atoms with van der Waals surface area (Å²) in [6.07, 6.45) is 4.72. The number of ether oxygens (including phenoxy) is 1. The zero-order chi connectivity index (χ0) is 15.5. The SMILES string of the molecule is COC(C)(C)C(=O)/C(=C/c1ccccc1C)n1cncn1. The minimum absolute atomic E-state index is 0.154. The fourth-order valence-corrected chi connectivity index (χ4v) is 1.87. The summed E-state index contributed by atoms with van der Waals surface area (Å²) in [5.41, 5.74) is 1.54. The zero-order valence-electron chi connectivity index (χ0n) is 12.7. The molecule has 5 nitrogen and oxygen atoms in total. The van der Waals surface area contributed by atoms with Crippen LogP contribution in [-0.4, -0.2) is 33.3 Å². The molecule has 0 saturated carbocycles. The molecule has 0 bridgehead atoms. The molecule has 0 atom stereocenters. The Hall–Kier alpha value is -2.27. The molecule has 0 saturated heterocycles. The molecule has 0 radical (unpaired) electrons. The average Bonchev–Trinajstić information content (AvgIpc) is 2.99. The van der Waals surface area contributed by atoms with Gasteiger partial charge in [-0.2, -0.15) is 5.10 Å². The Morgan fingerprint density at radius 1 is 1.33 bits per heavy atom. The van der Waals surface area contributed by atoms with Crippen LogP contribution in [0.2, 0.25) is 0 Å². The van der Waals surface area contributed by atoms with E-state index in [0.717, 1.165) is 11.1 Å². The first kappa shape index (κ1) is 15.1. The van der Waals surface area contributed by atoms with Crippen molar-refractivity contribution in [2.75, 3.05) is 7.11 Å². The van der Waals surface area contributed by atoms with E-state index in [4.69, 9.17) is 4.74 Å². The van der Waals surface area contributed by atoms with Gasteiger partial charge < -0.3 is 4.74 Å². The van der Waals surface area contributed by atoms with Gasteiger partial charge in [0.25, 0.3) is 0 Å². The number of nitrogens with zero attached hydrogens (tertiary/aromatic N) is 3. The van der Waals surface area contributed by atoms with Gasteiger partial charge in [-0.1, -0.05) is 24.3 Å². The van der Waals surface area contributed by atoms with Gasteiger partial charge in [0, 0.05) is 7.11 Å². The Bertz CT molecular complexity index is 658. The third-order valence-electron chi connectivity index (χ3n) is 3.44. The highest BCUT2D eigenvalue weighted by atomic mass is 16.5. The number of hydrogen-bond donors (Lipinski definition) is 0. The lowest BCUT2D eigenvalue weighted by atomic mass is 9.98. The van der Waals surface area contributed by atoms with E-state index in [0.29, 0.717) is 5.70 Å². The largest absolute Gasteiger partial charge is 0.371 e. The summed E-state index contributed by atoms with van der Waals surface area (Å²) in [4.78, 5) is 16.6. The Kier molecular flexibility index (Phi) is 4.33. The van der Waals surface area contributed by atoms with Crippen LogP contribution < -0.4 is 0 Å². The molecule has 0 spiro atoms. The molecule has 110 valence electrons. The third kappa shape index (κ3) is 3.25. The zero-order valence-corrected chi connectivity index (χ0v) is 12.7. The Labute approximate surface area is 124 Å². The summed E-state index contributed by atoms with van der Waals surface area (Å²) in [7, 11) is 1.52. The number of aryl methyl sites for hydroxylation is 1. The summed E-state index contributed by atoms with van der Waals surface area (Å²) in [6, 6.07) is 7.85. The van der Waals surface area contributed by atoms with Crippen molar-refractivity contribution in [1.82, 2.24) is 14.8 Å². The molecule has 21 heavy (non-hydrogen) atoms. The van der Waals surface area contributed by atoms with E-state index in [2.05, 4.69) is 10.1 Å². The van der Waals surface area contributed by atoms with Gasteiger partial charge in [0.05, 0.1) is 0 Å². The predicted octanol–water partition coefficient (Wildman–Crippen LogP) is 2.58. The maximum absolute atomic E-state index is 12.7. The van der Waals surface area contributed by atoms with Crippen molar-refractivity contribution in [2.45, 2.75) is 26.4 Å². The molecule has 1 heterocycles. The van der Waals surface area contributed by atoms with Crippen LogP contribution in [0.25, 0.3) is 11.8 Å². The van der Waals surface area contributed by atoms with E-state index >= 15 is 0 Å². The van der Waals surface area contributed by atoms with Crippen LogP contribution in [0, 0.1) is 6.92 Å². The number of rotatable bonds is 5. The van der Waals surface area contributed by atoms with Crippen LogP contribution >= 0.6 is 0 Å². The lowest BCUT2D eigenvalue weighted by Gasteiger charge is -2.22. The van der Waals surface area contributed by atoms with Crippen molar-refractivity contribution in [3.63, 3.8) is 0 Å². The first-order chi connectivity index (χ1) is 9.95. The summed E-state index contributed by atoms with van der Waals surface area (Å²) in [5, 5.41) is 4.07. The molecular weight excluding hydrogens is 266 g/mol. The van der Waals surface area contributed by atoms with E-state index in [9.17, 15) is 4.79 Å². The van der Waals surface area contributed by atoms with Crippen LogP contribution in [0.5, 0.6) is 0 Å². The van der Waals surface area contributed by atoms with Gasteiger partial charge in [-0.15, -0.1) is 0 Å². The molecule has 0 unspecified atom stereocenters. The van der Waals surface area contributed by atoms with Crippen molar-refractivity contribution >= 4 is 17.6 Å². The van der Waals surface area contributed by atoms with Gasteiger partial charge in [-0.05, 0) is 38.0 Å². The van der Waals surface area contributed by atoms with Gasteiger partial charge in [0.1, 0.15) is 24.0 Å². The van der Waals surface area contributed by atoms with Gasteiger partial charge in [-0.25, -0.2) is 9.67 Å². The number of hydrogen-bond acceptors (Lipinski definition) is 4. The number of aromatic nitrogens is 3. The average molecular weight is 285 g/mol. The standard InChI is InChI=1S/C16H19N3O2/c1-12-7-5-6-8-13(12)9-14(19-11-17-10-18-19)15(20)16(2,3)21-4/h5-11H,1-4H3/b14-9-. The van der Waals surface area contributed by atoms with Gasteiger partial charge >= 0.3 is 0 Å². The minimum Gasteiger partial charge on any atom is -0.371 e. The predicted molar refractivity (Wildman–Crippen MR) is 81.5 cm³/mol. The van der Waals surface area contributed by atoms with Crippen molar-refractivity contribution in [3.8, 4) is 0 Å². The Morgan fingerprint density at radius 2 is 2.05 bits per heavy atom. The molecule has 5 heteroatoms. The maximum atomic E-state index is 12.7. The van der Waals surface area contributed by atoms with E-state index in [1.165, 1.54) is 24.4 Å². The molecule has 0 fully saturated rings. The van der Waals surface area contributed by atoms with Gasteiger partial charge in [0.15, 0.2) is 0 Å². The molecule has 0 aliphatic heterocycles. The van der Waals surface area contributed by atoms with Crippen LogP contribution in [0.15, 0.2) is 36.9 Å². The fraction of sp³-hybridized carbons (Fsp3) is 0.312. The van der Waals surface area contributed by atoms with E-state index in [1.54, 1.807) is 13.8 Å². The van der Waals surface area contributed by atoms with Crippen LogP contribution in [0.3, 0.4) is 0 Å². The molecule has 0 aliphatic rings. The number of methoxy groups -OCH3 is 1. The second kappa shape index (κ2) is 6.01. The van der Waals surface area contributed by atoms with E-state index < -0.39 is 5.60 Å². The van der Waals surface area contributed by atoms with Crippen molar-refractivity contribution in [3.05, 3.63) is 48.0 Å². The molecule has 0 amide bonds. The maximum Gasteiger partial charge on any atom is 0.212 e. The lowest BCUT2D eigenvalue weighted by Crippen LogP contribution is -2.35. The first-order valence-corrected chi connectivity index (χ1v) is 6.68.